The quantitative estimate of drug-likeness (QED) is 0.153. The van der Waals surface area contributed by atoms with Crippen LogP contribution in [0.5, 0.6) is 5.75 Å². The van der Waals surface area contributed by atoms with Crippen LogP contribution in [0.1, 0.15) is 68.1 Å². The molecule has 1 aliphatic rings. The third-order valence-corrected chi connectivity index (χ3v) is 22.7. The van der Waals surface area contributed by atoms with Gasteiger partial charge in [0.25, 0.3) is 0 Å². The van der Waals surface area contributed by atoms with Crippen LogP contribution in [0.2, 0.25) is 10.0 Å². The number of methoxy groups -OCH3 is 1. The van der Waals surface area contributed by atoms with E-state index >= 15 is 0 Å². The minimum atomic E-state index is -4.27. The zero-order valence-corrected chi connectivity index (χ0v) is 61.5. The average molecular weight is 1430 g/mol. The molecule has 18 heteroatoms. The number of benzene rings is 8. The Bertz CT molecular complexity index is 5340. The Labute approximate surface area is 589 Å². The molecule has 15 aromatic rings. The van der Waals surface area contributed by atoms with E-state index in [9.17, 15) is 26.0 Å². The maximum absolute atomic E-state index is 12.7. The summed E-state index contributed by atoms with van der Waals surface area (Å²) >= 11 is 18.7. The number of alkyl halides is 3. The summed E-state index contributed by atoms with van der Waals surface area (Å²) in [5.74, 6) is 0.757. The van der Waals surface area contributed by atoms with Gasteiger partial charge in [0, 0.05) is 107 Å². The Balaban J connectivity index is 0.000000130. The molecule has 97 heavy (non-hydrogen) atoms. The van der Waals surface area contributed by atoms with E-state index < -0.39 is 21.6 Å². The molecule has 0 amide bonds. The van der Waals surface area contributed by atoms with Gasteiger partial charge in [-0.15, -0.1) is 45.3 Å². The van der Waals surface area contributed by atoms with Crippen LogP contribution < -0.4 is 4.74 Å². The molecule has 0 radical (unpaired) electrons. The Morgan fingerprint density at radius 1 is 0.474 bits per heavy atom. The van der Waals surface area contributed by atoms with Gasteiger partial charge < -0.3 is 18.4 Å². The van der Waals surface area contributed by atoms with Crippen molar-refractivity contribution >= 4 is 157 Å². The first-order chi connectivity index (χ1) is 46.0. The number of hydrogen-bond donors (Lipinski definition) is 0. The molecule has 0 unspecified atom stereocenters. The summed E-state index contributed by atoms with van der Waals surface area (Å²) in [7, 11) is 4.31. The Kier molecular flexibility index (Phi) is 23.5. The molecule has 0 aliphatic carbocycles. The molecule has 7 nitrogen and oxygen atoms in total. The number of hydrogen-bond acceptors (Lipinski definition) is 8. The first-order valence-corrected chi connectivity index (χ1v) is 36.4. The third-order valence-electron chi connectivity index (χ3n) is 16.3. The molecule has 0 spiro atoms. The molecule has 1 aliphatic heterocycles. The van der Waals surface area contributed by atoms with Gasteiger partial charge in [-0.3, -0.25) is 0 Å². The van der Waals surface area contributed by atoms with Gasteiger partial charge >= 0.3 is 6.18 Å². The SMILES string of the molecule is CC1=CS(=O)(=O)c2ccc(Cl)cc21.COc1ccc2c(C)cn(C)c2c1.Cc1ccc2scc(C)c2c1.Cc1cn(C)c2cc(C(F)(F)F)ccc12.Cc1cn(C)c2ccc(C#N)cc12.Cc1csc2ccc(Cl)cc12.Cc1csc2ccc(F)cc12.Cc1csc2ccccc12. The monoisotopic (exact) mass is 1430 g/mol. The number of nitriles is 1. The molecule has 0 atom stereocenters. The van der Waals surface area contributed by atoms with Gasteiger partial charge in [0.1, 0.15) is 11.6 Å². The van der Waals surface area contributed by atoms with Gasteiger partial charge in [0.05, 0.1) is 34.7 Å². The van der Waals surface area contributed by atoms with E-state index in [1.165, 1.54) is 109 Å². The van der Waals surface area contributed by atoms with Gasteiger partial charge in [0.15, 0.2) is 0 Å². The highest BCUT2D eigenvalue weighted by molar-refractivity contribution is 7.95. The second-order valence-corrected chi connectivity index (χ2v) is 29.9. The highest BCUT2D eigenvalue weighted by atomic mass is 35.5. The molecule has 0 fully saturated rings. The van der Waals surface area contributed by atoms with Gasteiger partial charge in [-0.1, -0.05) is 65.2 Å². The van der Waals surface area contributed by atoms with Crippen molar-refractivity contribution in [2.45, 2.75) is 73.4 Å². The fraction of sp³-hybridized carbons (Fsp3) is 0.177. The van der Waals surface area contributed by atoms with Crippen molar-refractivity contribution in [3.8, 4) is 11.8 Å². The lowest BCUT2D eigenvalue weighted by Gasteiger charge is -2.06. The van der Waals surface area contributed by atoms with Crippen molar-refractivity contribution in [3.05, 3.63) is 274 Å². The fourth-order valence-corrected chi connectivity index (χ4v) is 16.7. The number of thiophene rings is 4. The number of rotatable bonds is 1. The maximum atomic E-state index is 12.7. The molecule has 8 aromatic carbocycles. The molecule has 0 bridgehead atoms. The van der Waals surface area contributed by atoms with Gasteiger partial charge in [-0.2, -0.15) is 18.4 Å². The third kappa shape index (κ3) is 17.6. The normalized spacial score (nSPS) is 11.9. The van der Waals surface area contributed by atoms with Gasteiger partial charge in [0.2, 0.25) is 9.84 Å². The maximum Gasteiger partial charge on any atom is 0.416 e. The van der Waals surface area contributed by atoms with Crippen molar-refractivity contribution in [1.29, 1.82) is 5.26 Å². The Morgan fingerprint density at radius 2 is 0.959 bits per heavy atom. The standard InChI is InChI=1S/C11H10F3N.C11H10N2.C11H13NO.C10H10S.C9H7ClO2S.C9H7ClS.C9H7FS.C9H8S/c1-7-6-15(2)10-5-8(11(12,13)14)3-4-9(7)10;1-8-7-13(2)11-4-3-9(6-12)5-10(8)11;1-8-7-12(2)11-6-9(13-3)4-5-10(8)11;1-7-3-4-10-9(5-7)8(2)6-11-10;1-6-5-13(11,12)9-3-2-7(10)4-8(6)9;2*1-6-5-11-9-3-2-7(10)4-8(6)9;1-7-6-10-9-5-3-2-4-8(7)9/h3-6H,1-2H3;3-5,7H,1-2H3;4-7H,1-3H3;3-6H,1-2H3;2-5H,1H3;2*2-5H,1H3;2-6H,1H3. The van der Waals surface area contributed by atoms with E-state index in [1.54, 1.807) is 72.6 Å². The molecular weight excluding hydrogens is 1360 g/mol. The predicted molar refractivity (Wildman–Crippen MR) is 407 cm³/mol. The first-order valence-electron chi connectivity index (χ1n) is 30.6. The zero-order valence-electron chi connectivity index (χ0n) is 55.9. The Morgan fingerprint density at radius 3 is 1.54 bits per heavy atom. The van der Waals surface area contributed by atoms with Crippen LogP contribution in [-0.4, -0.2) is 29.2 Å². The summed E-state index contributed by atoms with van der Waals surface area (Å²) in [4.78, 5) is 0.356. The fourth-order valence-electron chi connectivity index (χ4n) is 11.2. The highest BCUT2D eigenvalue weighted by Gasteiger charge is 2.31. The molecule has 16 rings (SSSR count). The predicted octanol–water partition coefficient (Wildman–Crippen LogP) is 24.8. The largest absolute Gasteiger partial charge is 0.497 e. The van der Waals surface area contributed by atoms with E-state index in [-0.39, 0.29) is 5.82 Å². The average Bonchev–Trinajstić information content (AvgIpc) is 1.65. The van der Waals surface area contributed by atoms with Crippen molar-refractivity contribution in [2.24, 2.45) is 21.1 Å². The molecule has 0 saturated heterocycles. The van der Waals surface area contributed by atoms with Crippen molar-refractivity contribution in [3.63, 3.8) is 0 Å². The highest BCUT2D eigenvalue weighted by Crippen LogP contribution is 2.36. The van der Waals surface area contributed by atoms with Crippen LogP contribution in [0, 0.1) is 72.5 Å². The van der Waals surface area contributed by atoms with Crippen LogP contribution >= 0.6 is 68.5 Å². The molecule has 0 saturated carbocycles. The number of nitrogens with zero attached hydrogens (tertiary/aromatic N) is 4. The number of aryl methyl sites for hydroxylation is 11. The molecule has 7 aromatic heterocycles. The van der Waals surface area contributed by atoms with Crippen molar-refractivity contribution in [1.82, 2.24) is 13.7 Å². The Hall–Kier alpha value is -8.50. The summed E-state index contributed by atoms with van der Waals surface area (Å²) in [6.45, 7) is 18.4. The first kappa shape index (κ1) is 72.8. The van der Waals surface area contributed by atoms with Gasteiger partial charge in [-0.05, 0) is 265 Å². The zero-order chi connectivity index (χ0) is 70.2. The topological polar surface area (TPSA) is 82.0 Å². The van der Waals surface area contributed by atoms with E-state index in [4.69, 9.17) is 33.2 Å². The van der Waals surface area contributed by atoms with Crippen LogP contribution in [0.25, 0.3) is 78.6 Å². The van der Waals surface area contributed by atoms with E-state index in [0.29, 0.717) is 21.0 Å². The van der Waals surface area contributed by atoms with Crippen molar-refractivity contribution < 1.29 is 30.7 Å². The van der Waals surface area contributed by atoms with Gasteiger partial charge in [-0.25, -0.2) is 12.8 Å². The van der Waals surface area contributed by atoms with E-state index in [2.05, 4.69) is 153 Å². The number of aromatic nitrogens is 3. The smallest absolute Gasteiger partial charge is 0.416 e. The van der Waals surface area contributed by atoms with Crippen molar-refractivity contribution in [2.75, 3.05) is 7.11 Å². The second-order valence-electron chi connectivity index (χ2n) is 23.7. The van der Waals surface area contributed by atoms with Crippen LogP contribution in [0.15, 0.2) is 202 Å². The minimum Gasteiger partial charge on any atom is -0.497 e. The number of fused-ring (bicyclic) bond motifs is 8. The van der Waals surface area contributed by atoms with Crippen LogP contribution in [0.4, 0.5) is 17.6 Å². The molecule has 498 valence electrons. The summed E-state index contributed by atoms with van der Waals surface area (Å²) in [5, 5.41) is 28.5. The number of allylic oxidation sites excluding steroid dienone is 1. The molecule has 8 heterocycles. The minimum absolute atomic E-state index is 0.154. The molecule has 0 N–H and O–H groups in total. The summed E-state index contributed by atoms with van der Waals surface area (Å²) in [5.41, 5.74) is 14.7. The van der Waals surface area contributed by atoms with E-state index in [0.717, 1.165) is 54.6 Å². The second kappa shape index (κ2) is 31.4. The lowest BCUT2D eigenvalue weighted by Crippen LogP contribution is -2.04. The number of sulfone groups is 1. The summed E-state index contributed by atoms with van der Waals surface area (Å²) < 4.78 is 89.3. The number of halogens is 6. The van der Waals surface area contributed by atoms with Crippen LogP contribution in [0.3, 0.4) is 0 Å². The lowest BCUT2D eigenvalue weighted by molar-refractivity contribution is -0.137. The van der Waals surface area contributed by atoms with E-state index in [1.807, 2.05) is 97.6 Å². The molecular formula is C79H72Cl2F4N4O3S5. The van der Waals surface area contributed by atoms with Crippen LogP contribution in [-0.2, 0) is 37.2 Å². The summed E-state index contributed by atoms with van der Waals surface area (Å²) in [6, 6.07) is 48.7. The lowest BCUT2D eigenvalue weighted by atomic mass is 10.1. The summed E-state index contributed by atoms with van der Waals surface area (Å²) in [6.07, 6.45) is 1.76. The number of ether oxygens (including phenoxy) is 1.